The molecule has 36 heavy (non-hydrogen) atoms. The minimum Gasteiger partial charge on any atom is -0.496 e. The standard InChI is InChI=1S/C26H26F3NO5S/c1-4-18(2)30(25(31)23-13-5-6-14-24(23)34-3)17-19-9-7-11-21(15-19)35-36(32,33)22-12-8-10-20(16-22)26(27,28)29/h5-16,18H,4,17H2,1-3H3. The van der Waals surface area contributed by atoms with Crippen LogP contribution in [0.4, 0.5) is 13.2 Å². The third kappa shape index (κ3) is 6.37. The predicted octanol–water partition coefficient (Wildman–Crippen LogP) is 5.92. The molecule has 0 aliphatic rings. The predicted molar refractivity (Wildman–Crippen MR) is 128 cm³/mol. The number of alkyl halides is 3. The lowest BCUT2D eigenvalue weighted by Crippen LogP contribution is -2.38. The highest BCUT2D eigenvalue weighted by Gasteiger charge is 2.32. The molecule has 3 aromatic rings. The summed E-state index contributed by atoms with van der Waals surface area (Å²) >= 11 is 0. The maximum Gasteiger partial charge on any atom is 0.416 e. The summed E-state index contributed by atoms with van der Waals surface area (Å²) in [5.41, 5.74) is -0.130. The molecule has 0 saturated heterocycles. The van der Waals surface area contributed by atoms with E-state index in [1.165, 1.54) is 19.2 Å². The van der Waals surface area contributed by atoms with Crippen LogP contribution in [0.5, 0.6) is 11.5 Å². The molecule has 1 amide bonds. The smallest absolute Gasteiger partial charge is 0.416 e. The van der Waals surface area contributed by atoms with Gasteiger partial charge in [0, 0.05) is 12.6 Å². The lowest BCUT2D eigenvalue weighted by molar-refractivity contribution is -0.137. The second kappa shape index (κ2) is 11.0. The van der Waals surface area contributed by atoms with Crippen molar-refractivity contribution >= 4 is 16.0 Å². The van der Waals surface area contributed by atoms with Gasteiger partial charge in [-0.1, -0.05) is 37.3 Å². The van der Waals surface area contributed by atoms with E-state index in [0.717, 1.165) is 18.2 Å². The highest BCUT2D eigenvalue weighted by molar-refractivity contribution is 7.87. The summed E-state index contributed by atoms with van der Waals surface area (Å²) < 4.78 is 74.8. The number of nitrogens with zero attached hydrogens (tertiary/aromatic N) is 1. The van der Waals surface area contributed by atoms with E-state index in [-0.39, 0.29) is 24.2 Å². The molecule has 3 aromatic carbocycles. The highest BCUT2D eigenvalue weighted by Crippen LogP contribution is 2.31. The molecule has 0 radical (unpaired) electrons. The molecule has 0 saturated carbocycles. The van der Waals surface area contributed by atoms with Crippen LogP contribution in [0.1, 0.15) is 41.8 Å². The fourth-order valence-corrected chi connectivity index (χ4v) is 4.49. The number of ether oxygens (including phenoxy) is 1. The average molecular weight is 522 g/mol. The van der Waals surface area contributed by atoms with E-state index >= 15 is 0 Å². The Hall–Kier alpha value is -3.53. The molecular formula is C26H26F3NO5S. The summed E-state index contributed by atoms with van der Waals surface area (Å²) in [5.74, 6) is 0.0866. The number of carbonyl (C=O) groups excluding carboxylic acids is 1. The third-order valence-electron chi connectivity index (χ3n) is 5.63. The van der Waals surface area contributed by atoms with E-state index in [4.69, 9.17) is 8.92 Å². The minimum atomic E-state index is -4.70. The van der Waals surface area contributed by atoms with E-state index in [0.29, 0.717) is 29.4 Å². The Morgan fingerprint density at radius 2 is 1.69 bits per heavy atom. The van der Waals surface area contributed by atoms with Crippen LogP contribution in [0.15, 0.2) is 77.7 Å². The summed E-state index contributed by atoms with van der Waals surface area (Å²) in [6, 6.07) is 16.1. The second-order valence-corrected chi connectivity index (χ2v) is 9.65. The fraction of sp³-hybridized carbons (Fsp3) is 0.269. The van der Waals surface area contributed by atoms with Crippen LogP contribution in [0.2, 0.25) is 0 Å². The SMILES string of the molecule is CCC(C)N(Cc1cccc(OS(=O)(=O)c2cccc(C(F)(F)F)c2)c1)C(=O)c1ccccc1OC. The number of carbonyl (C=O) groups is 1. The van der Waals surface area contributed by atoms with Gasteiger partial charge in [0.2, 0.25) is 0 Å². The zero-order valence-corrected chi connectivity index (χ0v) is 20.8. The molecular weight excluding hydrogens is 495 g/mol. The lowest BCUT2D eigenvalue weighted by Gasteiger charge is -2.29. The van der Waals surface area contributed by atoms with Gasteiger partial charge in [-0.3, -0.25) is 4.79 Å². The number of para-hydroxylation sites is 1. The Kier molecular flexibility index (Phi) is 8.29. The van der Waals surface area contributed by atoms with Crippen molar-refractivity contribution in [1.29, 1.82) is 0 Å². The van der Waals surface area contributed by atoms with Crippen molar-refractivity contribution < 1.29 is 35.3 Å². The normalized spacial score (nSPS) is 12.6. The first-order valence-electron chi connectivity index (χ1n) is 11.1. The number of hydrogen-bond acceptors (Lipinski definition) is 5. The first-order chi connectivity index (χ1) is 17.0. The topological polar surface area (TPSA) is 72.9 Å². The van der Waals surface area contributed by atoms with Crippen LogP contribution >= 0.6 is 0 Å². The molecule has 10 heteroatoms. The quantitative estimate of drug-likeness (QED) is 0.327. The number of halogens is 3. The first-order valence-corrected chi connectivity index (χ1v) is 12.5. The van der Waals surface area contributed by atoms with Crippen molar-refractivity contribution in [3.05, 3.63) is 89.5 Å². The van der Waals surface area contributed by atoms with Crippen LogP contribution in [-0.4, -0.2) is 32.4 Å². The van der Waals surface area contributed by atoms with Crippen molar-refractivity contribution in [3.8, 4) is 11.5 Å². The largest absolute Gasteiger partial charge is 0.496 e. The monoisotopic (exact) mass is 521 g/mol. The Labute approximate surface area is 208 Å². The molecule has 3 rings (SSSR count). The summed E-state index contributed by atoms with van der Waals surface area (Å²) in [4.78, 5) is 14.4. The van der Waals surface area contributed by atoms with Crippen LogP contribution in [0, 0.1) is 0 Å². The zero-order valence-electron chi connectivity index (χ0n) is 20.0. The maximum atomic E-state index is 13.4. The molecule has 0 aliphatic carbocycles. The Balaban J connectivity index is 1.87. The van der Waals surface area contributed by atoms with E-state index in [1.54, 1.807) is 41.3 Å². The number of rotatable bonds is 9. The summed E-state index contributed by atoms with van der Waals surface area (Å²) in [7, 11) is -3.05. The number of benzene rings is 3. The summed E-state index contributed by atoms with van der Waals surface area (Å²) in [6.07, 6.45) is -4.03. The molecule has 6 nitrogen and oxygen atoms in total. The average Bonchev–Trinajstić information content (AvgIpc) is 2.86. The van der Waals surface area contributed by atoms with E-state index < -0.39 is 26.8 Å². The minimum absolute atomic E-state index is 0.0845. The van der Waals surface area contributed by atoms with Crippen molar-refractivity contribution in [3.63, 3.8) is 0 Å². The summed E-state index contributed by atoms with van der Waals surface area (Å²) in [6.45, 7) is 3.98. The van der Waals surface area contributed by atoms with Gasteiger partial charge >= 0.3 is 16.3 Å². The van der Waals surface area contributed by atoms with Gasteiger partial charge in [-0.15, -0.1) is 0 Å². The van der Waals surface area contributed by atoms with Crippen LogP contribution in [0.25, 0.3) is 0 Å². The molecule has 0 N–H and O–H groups in total. The van der Waals surface area contributed by atoms with Crippen molar-refractivity contribution in [2.24, 2.45) is 0 Å². The summed E-state index contributed by atoms with van der Waals surface area (Å²) in [5, 5.41) is 0. The van der Waals surface area contributed by atoms with Crippen molar-refractivity contribution in [2.45, 2.75) is 43.9 Å². The fourth-order valence-electron chi connectivity index (χ4n) is 3.52. The van der Waals surface area contributed by atoms with Crippen molar-refractivity contribution in [1.82, 2.24) is 4.90 Å². The van der Waals surface area contributed by atoms with Crippen LogP contribution < -0.4 is 8.92 Å². The third-order valence-corrected chi connectivity index (χ3v) is 6.87. The number of methoxy groups -OCH3 is 1. The molecule has 0 bridgehead atoms. The Morgan fingerprint density at radius 3 is 2.36 bits per heavy atom. The lowest BCUT2D eigenvalue weighted by atomic mass is 10.1. The highest BCUT2D eigenvalue weighted by atomic mass is 32.2. The molecule has 0 fully saturated rings. The van der Waals surface area contributed by atoms with Gasteiger partial charge in [0.1, 0.15) is 16.4 Å². The maximum absolute atomic E-state index is 13.4. The molecule has 0 aromatic heterocycles. The molecule has 1 unspecified atom stereocenters. The number of hydrogen-bond donors (Lipinski definition) is 0. The molecule has 0 aliphatic heterocycles. The van der Waals surface area contributed by atoms with Gasteiger partial charge in [0.15, 0.2) is 0 Å². The van der Waals surface area contributed by atoms with Gasteiger partial charge in [0.25, 0.3) is 5.91 Å². The molecule has 0 spiro atoms. The van der Waals surface area contributed by atoms with Gasteiger partial charge in [-0.2, -0.15) is 21.6 Å². The van der Waals surface area contributed by atoms with E-state index in [1.807, 2.05) is 13.8 Å². The molecule has 192 valence electrons. The second-order valence-electron chi connectivity index (χ2n) is 8.10. The first kappa shape index (κ1) is 27.1. The van der Waals surface area contributed by atoms with E-state index in [2.05, 4.69) is 0 Å². The van der Waals surface area contributed by atoms with E-state index in [9.17, 15) is 26.4 Å². The van der Waals surface area contributed by atoms with Gasteiger partial charge < -0.3 is 13.8 Å². The van der Waals surface area contributed by atoms with Crippen LogP contribution in [-0.2, 0) is 22.8 Å². The van der Waals surface area contributed by atoms with Gasteiger partial charge in [-0.05, 0) is 61.4 Å². The Bertz CT molecular complexity index is 1320. The number of amides is 1. The Morgan fingerprint density at radius 1 is 1.00 bits per heavy atom. The molecule has 1 atom stereocenters. The van der Waals surface area contributed by atoms with Crippen molar-refractivity contribution in [2.75, 3.05) is 7.11 Å². The zero-order chi connectivity index (χ0) is 26.5. The molecule has 0 heterocycles. The van der Waals surface area contributed by atoms with Crippen LogP contribution in [0.3, 0.4) is 0 Å². The van der Waals surface area contributed by atoms with Gasteiger partial charge in [0.05, 0.1) is 18.2 Å². The van der Waals surface area contributed by atoms with Gasteiger partial charge in [-0.25, -0.2) is 0 Å².